The number of benzene rings is 2. The molecule has 27 heavy (non-hydrogen) atoms. The van der Waals surface area contributed by atoms with Crippen LogP contribution in [0.2, 0.25) is 0 Å². The molecule has 0 aliphatic heterocycles. The van der Waals surface area contributed by atoms with Gasteiger partial charge in [0.15, 0.2) is 5.96 Å². The molecule has 6 heteroatoms. The molecule has 0 spiro atoms. The third kappa shape index (κ3) is 7.99. The lowest BCUT2D eigenvalue weighted by Crippen LogP contribution is -2.42. The number of ether oxygens (including phenoxy) is 1. The Hall–Kier alpha value is -2.09. The number of methoxy groups -OCH3 is 1. The molecule has 146 valence electrons. The summed E-state index contributed by atoms with van der Waals surface area (Å²) >= 11 is 0. The van der Waals surface area contributed by atoms with Crippen molar-refractivity contribution in [3.05, 3.63) is 71.3 Å². The van der Waals surface area contributed by atoms with Crippen molar-refractivity contribution >= 4 is 35.9 Å². The lowest BCUT2D eigenvalue weighted by Gasteiger charge is -2.18. The van der Waals surface area contributed by atoms with Crippen LogP contribution < -0.4 is 10.6 Å². The Labute approximate surface area is 178 Å². The molecule has 1 unspecified atom stereocenters. The van der Waals surface area contributed by atoms with Gasteiger partial charge in [-0.3, -0.25) is 4.99 Å². The number of aliphatic imine (C=N–C) groups is 1. The van der Waals surface area contributed by atoms with Crippen LogP contribution >= 0.6 is 24.0 Å². The number of nitrogens with one attached hydrogen (secondary N) is 2. The van der Waals surface area contributed by atoms with Gasteiger partial charge in [0.2, 0.25) is 0 Å². The molecule has 0 saturated carbocycles. The third-order valence-corrected chi connectivity index (χ3v) is 4.15. The summed E-state index contributed by atoms with van der Waals surface area (Å²) in [6, 6.07) is 18.1. The number of rotatable bonds is 7. The maximum Gasteiger partial charge on any atom is 0.337 e. The van der Waals surface area contributed by atoms with Gasteiger partial charge >= 0.3 is 5.97 Å². The zero-order valence-corrected chi connectivity index (χ0v) is 18.4. The largest absolute Gasteiger partial charge is 0.465 e. The van der Waals surface area contributed by atoms with Gasteiger partial charge in [0.25, 0.3) is 0 Å². The van der Waals surface area contributed by atoms with E-state index < -0.39 is 0 Å². The number of aryl methyl sites for hydroxylation is 1. The van der Waals surface area contributed by atoms with Gasteiger partial charge in [-0.05, 0) is 43.0 Å². The summed E-state index contributed by atoms with van der Waals surface area (Å²) in [5.74, 6) is 0.442. The van der Waals surface area contributed by atoms with Crippen molar-refractivity contribution in [3.8, 4) is 0 Å². The van der Waals surface area contributed by atoms with Gasteiger partial charge in [0, 0.05) is 19.6 Å². The Kier molecular flexibility index (Phi) is 10.5. The van der Waals surface area contributed by atoms with E-state index in [1.807, 2.05) is 18.2 Å². The minimum atomic E-state index is -0.325. The van der Waals surface area contributed by atoms with Crippen molar-refractivity contribution in [2.24, 2.45) is 4.99 Å². The average Bonchev–Trinajstić information content (AvgIpc) is 2.70. The summed E-state index contributed by atoms with van der Waals surface area (Å²) in [4.78, 5) is 15.7. The first-order valence-corrected chi connectivity index (χ1v) is 8.80. The van der Waals surface area contributed by atoms with Crippen LogP contribution in [0.3, 0.4) is 0 Å². The normalized spacial score (nSPS) is 11.9. The molecule has 0 amide bonds. The number of esters is 1. The van der Waals surface area contributed by atoms with Gasteiger partial charge < -0.3 is 15.4 Å². The molecule has 2 rings (SSSR count). The summed E-state index contributed by atoms with van der Waals surface area (Å²) in [5.41, 5.74) is 2.96. The highest BCUT2D eigenvalue weighted by atomic mass is 127. The summed E-state index contributed by atoms with van der Waals surface area (Å²) < 4.78 is 4.71. The van der Waals surface area contributed by atoms with E-state index in [1.54, 1.807) is 19.2 Å². The van der Waals surface area contributed by atoms with Crippen LogP contribution in [0.15, 0.2) is 59.6 Å². The molecule has 0 heterocycles. The van der Waals surface area contributed by atoms with E-state index in [-0.39, 0.29) is 29.9 Å². The maximum atomic E-state index is 11.5. The standard InChI is InChI=1S/C21H27N3O2.HI/c1-16(9-10-17-7-5-4-6-8-17)24-21(22-2)23-15-18-11-13-19(14-12-18)20(25)26-3;/h4-8,11-14,16H,9-10,15H2,1-3H3,(H2,22,23,24);1H. The van der Waals surface area contributed by atoms with E-state index in [2.05, 4.69) is 46.8 Å². The van der Waals surface area contributed by atoms with Crippen molar-refractivity contribution in [3.63, 3.8) is 0 Å². The van der Waals surface area contributed by atoms with E-state index in [9.17, 15) is 4.79 Å². The predicted octanol–water partition coefficient (Wildman–Crippen LogP) is 3.78. The first kappa shape index (κ1) is 23.0. The van der Waals surface area contributed by atoms with Crippen molar-refractivity contribution < 1.29 is 9.53 Å². The second kappa shape index (κ2) is 12.3. The van der Waals surface area contributed by atoms with E-state index in [0.29, 0.717) is 18.2 Å². The average molecular weight is 481 g/mol. The van der Waals surface area contributed by atoms with Gasteiger partial charge in [-0.25, -0.2) is 4.79 Å². The number of guanidine groups is 1. The second-order valence-electron chi connectivity index (χ2n) is 6.18. The number of carbonyl (C=O) groups excluding carboxylic acids is 1. The molecule has 2 aromatic carbocycles. The molecule has 0 aromatic heterocycles. The van der Waals surface area contributed by atoms with Crippen LogP contribution in [0.4, 0.5) is 0 Å². The molecule has 0 bridgehead atoms. The van der Waals surface area contributed by atoms with E-state index in [1.165, 1.54) is 12.7 Å². The number of hydrogen-bond acceptors (Lipinski definition) is 3. The summed E-state index contributed by atoms with van der Waals surface area (Å²) in [6.45, 7) is 2.79. The minimum absolute atomic E-state index is 0. The fourth-order valence-corrected chi connectivity index (χ4v) is 2.59. The second-order valence-corrected chi connectivity index (χ2v) is 6.18. The molecule has 0 aliphatic rings. The molecular formula is C21H28IN3O2. The fraction of sp³-hybridized carbons (Fsp3) is 0.333. The lowest BCUT2D eigenvalue weighted by atomic mass is 10.1. The Bertz CT molecular complexity index is 718. The van der Waals surface area contributed by atoms with Gasteiger partial charge in [-0.1, -0.05) is 42.5 Å². The Morgan fingerprint density at radius 2 is 1.74 bits per heavy atom. The van der Waals surface area contributed by atoms with Crippen LogP contribution in [0.5, 0.6) is 0 Å². The Morgan fingerprint density at radius 1 is 1.07 bits per heavy atom. The molecule has 0 saturated heterocycles. The third-order valence-electron chi connectivity index (χ3n) is 4.15. The van der Waals surface area contributed by atoms with E-state index in [0.717, 1.165) is 24.4 Å². The zero-order valence-electron chi connectivity index (χ0n) is 16.1. The number of hydrogen-bond donors (Lipinski definition) is 2. The highest BCUT2D eigenvalue weighted by molar-refractivity contribution is 14.0. The van der Waals surface area contributed by atoms with Crippen molar-refractivity contribution in [1.29, 1.82) is 0 Å². The van der Waals surface area contributed by atoms with Gasteiger partial charge in [-0.15, -0.1) is 24.0 Å². The quantitative estimate of drug-likeness (QED) is 0.274. The van der Waals surface area contributed by atoms with Gasteiger partial charge in [0.05, 0.1) is 12.7 Å². The van der Waals surface area contributed by atoms with Crippen LogP contribution in [-0.2, 0) is 17.7 Å². The Morgan fingerprint density at radius 3 is 2.33 bits per heavy atom. The lowest BCUT2D eigenvalue weighted by molar-refractivity contribution is 0.0600. The van der Waals surface area contributed by atoms with Crippen LogP contribution in [0.1, 0.15) is 34.8 Å². The SMILES string of the molecule is CN=C(NCc1ccc(C(=O)OC)cc1)NC(C)CCc1ccccc1.I. The van der Waals surface area contributed by atoms with Crippen molar-refractivity contribution in [2.45, 2.75) is 32.4 Å². The topological polar surface area (TPSA) is 62.7 Å². The van der Waals surface area contributed by atoms with Gasteiger partial charge in [-0.2, -0.15) is 0 Å². The molecule has 0 radical (unpaired) electrons. The van der Waals surface area contributed by atoms with Crippen molar-refractivity contribution in [1.82, 2.24) is 10.6 Å². The summed E-state index contributed by atoms with van der Waals surface area (Å²) in [6.07, 6.45) is 2.06. The van der Waals surface area contributed by atoms with Crippen LogP contribution in [0.25, 0.3) is 0 Å². The number of halogens is 1. The first-order chi connectivity index (χ1) is 12.6. The molecule has 2 aromatic rings. The Balaban J connectivity index is 0.00000364. The van der Waals surface area contributed by atoms with Crippen LogP contribution in [0, 0.1) is 0 Å². The van der Waals surface area contributed by atoms with E-state index in [4.69, 9.17) is 4.74 Å². The highest BCUT2D eigenvalue weighted by Gasteiger charge is 2.07. The van der Waals surface area contributed by atoms with Gasteiger partial charge in [0.1, 0.15) is 0 Å². The first-order valence-electron chi connectivity index (χ1n) is 8.80. The molecular weight excluding hydrogens is 453 g/mol. The smallest absolute Gasteiger partial charge is 0.337 e. The molecule has 0 aliphatic carbocycles. The minimum Gasteiger partial charge on any atom is -0.465 e. The monoisotopic (exact) mass is 481 g/mol. The molecule has 5 nitrogen and oxygen atoms in total. The van der Waals surface area contributed by atoms with Crippen LogP contribution in [-0.4, -0.2) is 32.1 Å². The highest BCUT2D eigenvalue weighted by Crippen LogP contribution is 2.06. The molecule has 0 fully saturated rings. The van der Waals surface area contributed by atoms with Crippen molar-refractivity contribution in [2.75, 3.05) is 14.2 Å². The zero-order chi connectivity index (χ0) is 18.8. The fourth-order valence-electron chi connectivity index (χ4n) is 2.59. The molecule has 2 N–H and O–H groups in total. The number of nitrogens with zero attached hydrogens (tertiary/aromatic N) is 1. The summed E-state index contributed by atoms with van der Waals surface area (Å²) in [7, 11) is 3.14. The predicted molar refractivity (Wildman–Crippen MR) is 121 cm³/mol. The molecule has 1 atom stereocenters. The van der Waals surface area contributed by atoms with E-state index >= 15 is 0 Å². The maximum absolute atomic E-state index is 11.5. The number of carbonyl (C=O) groups is 1. The summed E-state index contributed by atoms with van der Waals surface area (Å²) in [5, 5.41) is 6.71.